The number of sulfonamides is 1. The number of guanidine groups is 1. The summed E-state index contributed by atoms with van der Waals surface area (Å²) in [6.07, 6.45) is 3.39. The van der Waals surface area contributed by atoms with Gasteiger partial charge in [-0.1, -0.05) is 18.2 Å². The zero-order valence-electron chi connectivity index (χ0n) is 18.0. The number of aliphatic imine (C=N–C) groups is 1. The van der Waals surface area contributed by atoms with E-state index in [0.717, 1.165) is 43.9 Å². The predicted octanol–water partition coefficient (Wildman–Crippen LogP) is -0.106. The minimum absolute atomic E-state index is 0.185. The van der Waals surface area contributed by atoms with Crippen molar-refractivity contribution < 1.29 is 8.42 Å². The third-order valence-electron chi connectivity index (χ3n) is 5.87. The molecule has 1 atom stereocenters. The second-order valence-corrected chi connectivity index (χ2v) is 9.89. The minimum atomic E-state index is -3.54. The molecule has 0 radical (unpaired) electrons. The number of nitrogens with zero attached hydrogens (tertiary/aromatic N) is 6. The summed E-state index contributed by atoms with van der Waals surface area (Å²) in [5.41, 5.74) is 0.728. The molecule has 1 aromatic carbocycles. The molecule has 1 saturated heterocycles. The standard InChI is InChI=1S/C20H30N8O2S/c1-21-20(25-17-7-8-19-23-15-24-28(19)14-17)22-13-16-5-3-4-6-18(16)31(29,30)27-11-9-26(2)10-12-27/h3-6,15,17H,7-14H2,1-2H3,(H2,21,22,25). The SMILES string of the molecule is CN=C(NCc1ccccc1S(=O)(=O)N1CCN(C)CC1)NC1CCc2ncnn2C1. The van der Waals surface area contributed by atoms with E-state index in [1.807, 2.05) is 23.9 Å². The van der Waals surface area contributed by atoms with Gasteiger partial charge < -0.3 is 15.5 Å². The molecule has 1 unspecified atom stereocenters. The Bertz CT molecular complexity index is 1030. The van der Waals surface area contributed by atoms with E-state index in [2.05, 4.69) is 30.6 Å². The summed E-state index contributed by atoms with van der Waals surface area (Å²) in [6, 6.07) is 7.37. The fraction of sp³-hybridized carbons (Fsp3) is 0.550. The van der Waals surface area contributed by atoms with Crippen LogP contribution in [0.15, 0.2) is 40.5 Å². The highest BCUT2D eigenvalue weighted by atomic mass is 32.2. The van der Waals surface area contributed by atoms with Gasteiger partial charge >= 0.3 is 0 Å². The molecule has 4 rings (SSSR count). The number of likely N-dealkylation sites (N-methyl/N-ethyl adjacent to an activating group) is 1. The summed E-state index contributed by atoms with van der Waals surface area (Å²) < 4.78 is 30.0. The Morgan fingerprint density at radius 3 is 2.77 bits per heavy atom. The van der Waals surface area contributed by atoms with E-state index >= 15 is 0 Å². The van der Waals surface area contributed by atoms with Crippen LogP contribution in [0.1, 0.15) is 17.8 Å². The molecular weight excluding hydrogens is 416 g/mol. The first kappa shape index (κ1) is 21.7. The number of aryl methyl sites for hydroxylation is 1. The van der Waals surface area contributed by atoms with E-state index in [1.165, 1.54) is 0 Å². The Morgan fingerprint density at radius 2 is 2.00 bits per heavy atom. The monoisotopic (exact) mass is 446 g/mol. The molecule has 2 aliphatic rings. The van der Waals surface area contributed by atoms with Gasteiger partial charge in [-0.05, 0) is 25.1 Å². The van der Waals surface area contributed by atoms with Crippen LogP contribution in [-0.4, -0.2) is 84.7 Å². The van der Waals surface area contributed by atoms with Crippen LogP contribution < -0.4 is 10.6 Å². The van der Waals surface area contributed by atoms with Crippen molar-refractivity contribution in [2.75, 3.05) is 40.3 Å². The van der Waals surface area contributed by atoms with Crippen LogP contribution in [-0.2, 0) is 29.5 Å². The van der Waals surface area contributed by atoms with Crippen molar-refractivity contribution in [3.05, 3.63) is 42.0 Å². The number of nitrogens with one attached hydrogen (secondary N) is 2. The number of benzene rings is 1. The fourth-order valence-electron chi connectivity index (χ4n) is 3.99. The Hall–Kier alpha value is -2.50. The van der Waals surface area contributed by atoms with Gasteiger partial charge in [0.1, 0.15) is 12.2 Å². The van der Waals surface area contributed by atoms with Gasteiger partial charge in [-0.2, -0.15) is 9.40 Å². The van der Waals surface area contributed by atoms with E-state index in [0.29, 0.717) is 30.5 Å². The third kappa shape index (κ3) is 4.89. The molecule has 0 aliphatic carbocycles. The molecule has 0 bridgehead atoms. The van der Waals surface area contributed by atoms with Crippen LogP contribution in [0.5, 0.6) is 0 Å². The molecule has 1 fully saturated rings. The summed E-state index contributed by atoms with van der Waals surface area (Å²) in [5, 5.41) is 10.9. The van der Waals surface area contributed by atoms with Gasteiger partial charge in [-0.3, -0.25) is 4.99 Å². The molecule has 2 N–H and O–H groups in total. The van der Waals surface area contributed by atoms with Crippen LogP contribution in [0, 0.1) is 0 Å². The normalized spacial score (nSPS) is 21.0. The van der Waals surface area contributed by atoms with E-state index in [1.54, 1.807) is 29.8 Å². The first-order valence-corrected chi connectivity index (χ1v) is 12.0. The lowest BCUT2D eigenvalue weighted by Gasteiger charge is -2.32. The number of hydrogen-bond acceptors (Lipinski definition) is 6. The maximum absolute atomic E-state index is 13.3. The Kier molecular flexibility index (Phi) is 6.54. The van der Waals surface area contributed by atoms with Crippen LogP contribution in [0.25, 0.3) is 0 Å². The minimum Gasteiger partial charge on any atom is -0.352 e. The van der Waals surface area contributed by atoms with E-state index < -0.39 is 10.0 Å². The molecule has 1 aromatic heterocycles. The molecular formula is C20H30N8O2S. The predicted molar refractivity (Wildman–Crippen MR) is 118 cm³/mol. The summed E-state index contributed by atoms with van der Waals surface area (Å²) in [6.45, 7) is 3.59. The summed E-state index contributed by atoms with van der Waals surface area (Å²) >= 11 is 0. The Morgan fingerprint density at radius 1 is 1.23 bits per heavy atom. The van der Waals surface area contributed by atoms with Crippen molar-refractivity contribution >= 4 is 16.0 Å². The first-order valence-electron chi connectivity index (χ1n) is 10.6. The van der Waals surface area contributed by atoms with Gasteiger partial charge in [-0.15, -0.1) is 0 Å². The van der Waals surface area contributed by atoms with Crippen molar-refractivity contribution in [1.82, 2.24) is 34.6 Å². The molecule has 0 amide bonds. The average molecular weight is 447 g/mol. The number of fused-ring (bicyclic) bond motifs is 1. The first-order chi connectivity index (χ1) is 15.0. The van der Waals surface area contributed by atoms with Gasteiger partial charge in [0.2, 0.25) is 10.0 Å². The van der Waals surface area contributed by atoms with Gasteiger partial charge in [0, 0.05) is 52.2 Å². The van der Waals surface area contributed by atoms with Crippen molar-refractivity contribution in [2.45, 2.75) is 36.9 Å². The zero-order chi connectivity index (χ0) is 21.8. The topological polar surface area (TPSA) is 108 Å². The highest BCUT2D eigenvalue weighted by Crippen LogP contribution is 2.21. The molecule has 2 aromatic rings. The van der Waals surface area contributed by atoms with Gasteiger partial charge in [0.05, 0.1) is 11.4 Å². The number of aromatic nitrogens is 3. The van der Waals surface area contributed by atoms with Gasteiger partial charge in [0.15, 0.2) is 5.96 Å². The second kappa shape index (κ2) is 9.33. The number of rotatable bonds is 5. The molecule has 168 valence electrons. The Balaban J connectivity index is 1.41. The smallest absolute Gasteiger partial charge is 0.243 e. The molecule has 11 heteroatoms. The van der Waals surface area contributed by atoms with Crippen LogP contribution in [0.2, 0.25) is 0 Å². The number of piperazine rings is 1. The van der Waals surface area contributed by atoms with Gasteiger partial charge in [-0.25, -0.2) is 18.1 Å². The lowest BCUT2D eigenvalue weighted by molar-refractivity contribution is 0.222. The quantitative estimate of drug-likeness (QED) is 0.488. The van der Waals surface area contributed by atoms with Crippen LogP contribution in [0.4, 0.5) is 0 Å². The van der Waals surface area contributed by atoms with E-state index in [4.69, 9.17) is 0 Å². The lowest BCUT2D eigenvalue weighted by Crippen LogP contribution is -2.48. The second-order valence-electron chi connectivity index (χ2n) is 7.98. The van der Waals surface area contributed by atoms with Crippen LogP contribution in [0.3, 0.4) is 0 Å². The lowest BCUT2D eigenvalue weighted by atomic mass is 10.1. The molecule has 2 aliphatic heterocycles. The van der Waals surface area contributed by atoms with E-state index in [-0.39, 0.29) is 6.04 Å². The maximum atomic E-state index is 13.3. The summed E-state index contributed by atoms with van der Waals surface area (Å²) in [4.78, 5) is 11.1. The maximum Gasteiger partial charge on any atom is 0.243 e. The molecule has 10 nitrogen and oxygen atoms in total. The number of hydrogen-bond donors (Lipinski definition) is 2. The van der Waals surface area contributed by atoms with Crippen molar-refractivity contribution in [2.24, 2.45) is 4.99 Å². The molecule has 0 spiro atoms. The molecule has 31 heavy (non-hydrogen) atoms. The zero-order valence-corrected chi connectivity index (χ0v) is 18.8. The third-order valence-corrected chi connectivity index (χ3v) is 7.87. The fourth-order valence-corrected chi connectivity index (χ4v) is 5.64. The molecule has 3 heterocycles. The van der Waals surface area contributed by atoms with Crippen LogP contribution >= 0.6 is 0 Å². The highest BCUT2D eigenvalue weighted by Gasteiger charge is 2.29. The van der Waals surface area contributed by atoms with Crippen molar-refractivity contribution in [3.8, 4) is 0 Å². The summed E-state index contributed by atoms with van der Waals surface area (Å²) in [7, 11) is 0.187. The highest BCUT2D eigenvalue weighted by molar-refractivity contribution is 7.89. The largest absolute Gasteiger partial charge is 0.352 e. The van der Waals surface area contributed by atoms with E-state index in [9.17, 15) is 8.42 Å². The van der Waals surface area contributed by atoms with Crippen molar-refractivity contribution in [1.29, 1.82) is 0 Å². The average Bonchev–Trinajstić information content (AvgIpc) is 3.25. The molecule has 0 saturated carbocycles. The Labute approximate surface area is 183 Å². The summed E-state index contributed by atoms with van der Waals surface area (Å²) in [5.74, 6) is 1.64. The van der Waals surface area contributed by atoms with Gasteiger partial charge in [0.25, 0.3) is 0 Å². The van der Waals surface area contributed by atoms with Crippen molar-refractivity contribution in [3.63, 3.8) is 0 Å².